The molecule has 2 aliphatic rings. The van der Waals surface area contributed by atoms with Crippen LogP contribution >= 0.6 is 0 Å². The van der Waals surface area contributed by atoms with Crippen LogP contribution in [-0.2, 0) is 13.1 Å². The molecule has 9 heteroatoms. The summed E-state index contributed by atoms with van der Waals surface area (Å²) in [4.78, 5) is 31.6. The van der Waals surface area contributed by atoms with E-state index in [1.807, 2.05) is 11.0 Å². The second-order valence-electron chi connectivity index (χ2n) is 8.23. The minimum Gasteiger partial charge on any atom is -0.368 e. The number of halogens is 1. The van der Waals surface area contributed by atoms with Crippen LogP contribution in [-0.4, -0.2) is 33.7 Å². The Morgan fingerprint density at radius 2 is 2.16 bits per heavy atom. The average Bonchev–Trinajstić information content (AvgIpc) is 3.18. The van der Waals surface area contributed by atoms with Gasteiger partial charge in [-0.3, -0.25) is 14.6 Å². The molecule has 1 amide bonds. The van der Waals surface area contributed by atoms with Crippen molar-refractivity contribution in [3.05, 3.63) is 75.5 Å². The minimum absolute atomic E-state index is 0.1000. The molecule has 0 saturated carbocycles. The molecule has 3 aromatic rings. The number of aryl methyl sites for hydroxylation is 1. The van der Waals surface area contributed by atoms with Gasteiger partial charge in [0.15, 0.2) is 5.82 Å². The van der Waals surface area contributed by atoms with Crippen LogP contribution in [0.2, 0.25) is 0 Å². The summed E-state index contributed by atoms with van der Waals surface area (Å²) in [7, 11) is 0. The number of rotatable bonds is 4. The number of fused-ring (bicyclic) bond motifs is 4. The van der Waals surface area contributed by atoms with Crippen molar-refractivity contribution in [1.29, 1.82) is 0 Å². The predicted octanol–water partition coefficient (Wildman–Crippen LogP) is 2.23. The SMILES string of the molecule is Cc1cc(CNC(=O)c2ccc3n(c2=O)C[C@H]2C[C@@H]3CN(c3ccncc3F)C2)no1. The van der Waals surface area contributed by atoms with E-state index in [2.05, 4.69) is 15.5 Å². The van der Waals surface area contributed by atoms with E-state index in [4.69, 9.17) is 4.52 Å². The van der Waals surface area contributed by atoms with Crippen molar-refractivity contribution in [3.8, 4) is 0 Å². The molecule has 1 saturated heterocycles. The van der Waals surface area contributed by atoms with Gasteiger partial charge in [0.05, 0.1) is 18.4 Å². The zero-order valence-electron chi connectivity index (χ0n) is 17.0. The maximum Gasteiger partial charge on any atom is 0.263 e. The number of carbonyl (C=O) groups excluding carboxylic acids is 1. The molecule has 2 bridgehead atoms. The van der Waals surface area contributed by atoms with Gasteiger partial charge in [0.2, 0.25) is 0 Å². The fourth-order valence-electron chi connectivity index (χ4n) is 4.71. The number of carbonyl (C=O) groups is 1. The quantitative estimate of drug-likeness (QED) is 0.692. The third-order valence-corrected chi connectivity index (χ3v) is 6.05. The lowest BCUT2D eigenvalue weighted by atomic mass is 9.82. The van der Waals surface area contributed by atoms with Gasteiger partial charge in [0, 0.05) is 43.5 Å². The summed E-state index contributed by atoms with van der Waals surface area (Å²) in [5.41, 5.74) is 1.86. The van der Waals surface area contributed by atoms with Crippen LogP contribution < -0.4 is 15.8 Å². The Hall–Kier alpha value is -3.49. The standard InChI is InChI=1S/C22H22FN5O3/c1-13-6-16(26-31-13)8-25-21(29)17-2-3-19-15-7-14(11-28(19)22(17)30)10-27(12-15)20-4-5-24-9-18(20)23/h2-6,9,14-15H,7-8,10-12H2,1H3,(H,25,29)/t14-,15+/m0/s1. The van der Waals surface area contributed by atoms with Gasteiger partial charge in [-0.2, -0.15) is 0 Å². The summed E-state index contributed by atoms with van der Waals surface area (Å²) in [6, 6.07) is 6.86. The van der Waals surface area contributed by atoms with Crippen molar-refractivity contribution in [1.82, 2.24) is 20.0 Å². The van der Waals surface area contributed by atoms with E-state index >= 15 is 0 Å². The largest absolute Gasteiger partial charge is 0.368 e. The Labute approximate surface area is 177 Å². The number of hydrogen-bond acceptors (Lipinski definition) is 6. The number of aromatic nitrogens is 3. The minimum atomic E-state index is -0.433. The van der Waals surface area contributed by atoms with E-state index in [0.717, 1.165) is 12.1 Å². The van der Waals surface area contributed by atoms with Crippen LogP contribution in [0.3, 0.4) is 0 Å². The molecule has 0 unspecified atom stereocenters. The molecule has 5 rings (SSSR count). The third-order valence-electron chi connectivity index (χ3n) is 6.05. The zero-order chi connectivity index (χ0) is 21.5. The highest BCUT2D eigenvalue weighted by atomic mass is 19.1. The van der Waals surface area contributed by atoms with Gasteiger partial charge in [0.25, 0.3) is 11.5 Å². The Morgan fingerprint density at radius 3 is 2.94 bits per heavy atom. The van der Waals surface area contributed by atoms with Gasteiger partial charge >= 0.3 is 0 Å². The van der Waals surface area contributed by atoms with Crippen LogP contribution in [0.1, 0.15) is 39.8 Å². The highest BCUT2D eigenvalue weighted by Crippen LogP contribution is 2.37. The fraction of sp³-hybridized carbons (Fsp3) is 0.364. The average molecular weight is 423 g/mol. The molecule has 0 radical (unpaired) electrons. The molecule has 160 valence electrons. The van der Waals surface area contributed by atoms with E-state index in [1.165, 1.54) is 6.20 Å². The molecule has 1 N–H and O–H groups in total. The summed E-state index contributed by atoms with van der Waals surface area (Å²) < 4.78 is 20.9. The van der Waals surface area contributed by atoms with Crippen molar-refractivity contribution in [2.75, 3.05) is 18.0 Å². The Balaban J connectivity index is 1.37. The van der Waals surface area contributed by atoms with Crippen LogP contribution in [0.25, 0.3) is 0 Å². The number of nitrogens with one attached hydrogen (secondary N) is 1. The number of anilines is 1. The molecule has 2 aliphatic heterocycles. The van der Waals surface area contributed by atoms with Crippen molar-refractivity contribution in [2.24, 2.45) is 5.92 Å². The summed E-state index contributed by atoms with van der Waals surface area (Å²) in [6.07, 6.45) is 3.76. The topological polar surface area (TPSA) is 93.3 Å². The first-order valence-corrected chi connectivity index (χ1v) is 10.3. The Bertz CT molecular complexity index is 1200. The van der Waals surface area contributed by atoms with Crippen LogP contribution in [0, 0.1) is 18.7 Å². The Morgan fingerprint density at radius 1 is 1.29 bits per heavy atom. The van der Waals surface area contributed by atoms with Gasteiger partial charge < -0.3 is 19.3 Å². The molecule has 0 spiro atoms. The first kappa shape index (κ1) is 19.5. The van der Waals surface area contributed by atoms with Gasteiger partial charge in [-0.1, -0.05) is 5.16 Å². The molecule has 1 fully saturated rings. The lowest BCUT2D eigenvalue weighted by Crippen LogP contribution is -2.48. The normalized spacial score (nSPS) is 19.7. The molecule has 8 nitrogen and oxygen atoms in total. The highest BCUT2D eigenvalue weighted by molar-refractivity contribution is 5.93. The molecule has 0 aromatic carbocycles. The van der Waals surface area contributed by atoms with E-state index in [-0.39, 0.29) is 35.3 Å². The first-order chi connectivity index (χ1) is 15.0. The number of pyridine rings is 2. The highest BCUT2D eigenvalue weighted by Gasteiger charge is 2.36. The van der Waals surface area contributed by atoms with Gasteiger partial charge in [-0.05, 0) is 37.5 Å². The monoisotopic (exact) mass is 423 g/mol. The van der Waals surface area contributed by atoms with Gasteiger partial charge in [-0.15, -0.1) is 0 Å². The second kappa shape index (κ2) is 7.64. The fourth-order valence-corrected chi connectivity index (χ4v) is 4.71. The number of piperidine rings is 1. The number of amides is 1. The summed E-state index contributed by atoms with van der Waals surface area (Å²) in [5, 5.41) is 6.57. The maximum atomic E-state index is 14.2. The predicted molar refractivity (Wildman–Crippen MR) is 110 cm³/mol. The molecule has 2 atom stereocenters. The van der Waals surface area contributed by atoms with Crippen molar-refractivity contribution in [3.63, 3.8) is 0 Å². The summed E-state index contributed by atoms with van der Waals surface area (Å²) in [5.74, 6) is 0.188. The Kier molecular flexibility index (Phi) is 4.80. The number of hydrogen-bond donors (Lipinski definition) is 1. The molecular formula is C22H22FN5O3. The van der Waals surface area contributed by atoms with Crippen LogP contribution in [0.15, 0.2) is 46.0 Å². The van der Waals surface area contributed by atoms with Crippen molar-refractivity contribution in [2.45, 2.75) is 32.4 Å². The lowest BCUT2D eigenvalue weighted by Gasteiger charge is -2.43. The van der Waals surface area contributed by atoms with Crippen LogP contribution in [0.5, 0.6) is 0 Å². The zero-order valence-corrected chi connectivity index (χ0v) is 17.0. The van der Waals surface area contributed by atoms with Crippen molar-refractivity contribution < 1.29 is 13.7 Å². The number of nitrogens with zero attached hydrogens (tertiary/aromatic N) is 4. The smallest absolute Gasteiger partial charge is 0.263 e. The third kappa shape index (κ3) is 3.60. The second-order valence-corrected chi connectivity index (χ2v) is 8.23. The van der Waals surface area contributed by atoms with E-state index in [0.29, 0.717) is 36.8 Å². The first-order valence-electron chi connectivity index (χ1n) is 10.3. The lowest BCUT2D eigenvalue weighted by molar-refractivity contribution is 0.0947. The van der Waals surface area contributed by atoms with Crippen molar-refractivity contribution >= 4 is 11.6 Å². The summed E-state index contributed by atoms with van der Waals surface area (Å²) >= 11 is 0. The van der Waals surface area contributed by atoms with Gasteiger partial charge in [0.1, 0.15) is 17.0 Å². The van der Waals surface area contributed by atoms with Gasteiger partial charge in [-0.25, -0.2) is 4.39 Å². The van der Waals surface area contributed by atoms with E-state index in [1.54, 1.807) is 35.9 Å². The molecule has 31 heavy (non-hydrogen) atoms. The van der Waals surface area contributed by atoms with Crippen LogP contribution in [0.4, 0.5) is 10.1 Å². The summed E-state index contributed by atoms with van der Waals surface area (Å²) in [6.45, 7) is 3.75. The molecule has 3 aromatic heterocycles. The molecule has 5 heterocycles. The molecular weight excluding hydrogens is 401 g/mol. The molecule has 0 aliphatic carbocycles. The maximum absolute atomic E-state index is 14.2. The van der Waals surface area contributed by atoms with E-state index in [9.17, 15) is 14.0 Å². The van der Waals surface area contributed by atoms with E-state index < -0.39 is 5.91 Å².